The van der Waals surface area contributed by atoms with Crippen molar-refractivity contribution >= 4 is 54.8 Å². The Morgan fingerprint density at radius 2 is 1.19 bits per heavy atom. The van der Waals surface area contributed by atoms with Gasteiger partial charge in [-0.1, -0.05) is 60.7 Å². The van der Waals surface area contributed by atoms with Crippen LogP contribution in [0.3, 0.4) is 0 Å². The molecule has 3 heteroatoms. The van der Waals surface area contributed by atoms with Gasteiger partial charge in [-0.05, 0) is 11.1 Å². The number of carbonyl (C=O) groups excluding carboxylic acids is 1. The van der Waals surface area contributed by atoms with Gasteiger partial charge >= 0.3 is 48.9 Å². The Kier molecular flexibility index (Phi) is 10.5. The fourth-order valence-corrected chi connectivity index (χ4v) is 2.03. The van der Waals surface area contributed by atoms with Crippen molar-refractivity contribution in [1.82, 2.24) is 4.90 Å². The van der Waals surface area contributed by atoms with Gasteiger partial charge in [-0.3, -0.25) is 4.79 Å². The third kappa shape index (κ3) is 5.85. The summed E-state index contributed by atoms with van der Waals surface area (Å²) in [5, 5.41) is 0. The summed E-state index contributed by atoms with van der Waals surface area (Å²) in [6, 6.07) is 19.8. The molecule has 2 aromatic carbocycles. The molecule has 0 heterocycles. The van der Waals surface area contributed by atoms with Crippen LogP contribution in [0.4, 0.5) is 0 Å². The first-order valence-electron chi connectivity index (χ1n) is 6.51. The van der Waals surface area contributed by atoms with Crippen LogP contribution in [0.1, 0.15) is 17.0 Å². The molecular formula is C18H23BaNO. The predicted molar refractivity (Wildman–Crippen MR) is 93.2 cm³/mol. The van der Waals surface area contributed by atoms with Crippen molar-refractivity contribution in [2.24, 2.45) is 0 Å². The Hall–Kier alpha value is -0.779. The van der Waals surface area contributed by atoms with E-state index in [0.29, 0.717) is 0 Å². The first-order valence-corrected chi connectivity index (χ1v) is 6.51. The second kappa shape index (κ2) is 10.9. The molecular weight excluding hydrogens is 384 g/mol. The number of hydrogen-bond acceptors (Lipinski definition) is 1. The fourth-order valence-electron chi connectivity index (χ4n) is 2.03. The molecule has 0 aliphatic heterocycles. The third-order valence-electron chi connectivity index (χ3n) is 2.95. The summed E-state index contributed by atoms with van der Waals surface area (Å²) in [6.07, 6.45) is 0. The summed E-state index contributed by atoms with van der Waals surface area (Å²) < 4.78 is 0. The molecule has 0 N–H and O–H groups in total. The zero-order valence-electron chi connectivity index (χ0n) is 12.1. The van der Waals surface area contributed by atoms with Crippen LogP contribution in [0, 0.1) is 0 Å². The maximum absolute atomic E-state index is 12.4. The molecule has 0 aliphatic rings. The van der Waals surface area contributed by atoms with E-state index in [-0.39, 0.29) is 60.7 Å². The SMILES string of the molecule is C=C.CN(C)C(=O)C(c1ccccc1)c1ccccc1.[BaH2]. The first kappa shape index (κ1) is 20.2. The van der Waals surface area contributed by atoms with E-state index in [1.165, 1.54) is 0 Å². The zero-order chi connectivity index (χ0) is 15.0. The first-order chi connectivity index (χ1) is 9.70. The molecule has 0 aromatic heterocycles. The van der Waals surface area contributed by atoms with E-state index in [1.807, 2.05) is 60.7 Å². The Morgan fingerprint density at radius 1 is 0.857 bits per heavy atom. The second-order valence-electron chi connectivity index (χ2n) is 4.49. The molecule has 0 spiro atoms. The molecule has 0 saturated heterocycles. The van der Waals surface area contributed by atoms with Crippen molar-refractivity contribution in [3.63, 3.8) is 0 Å². The van der Waals surface area contributed by atoms with Crippen molar-refractivity contribution in [2.75, 3.05) is 14.1 Å². The van der Waals surface area contributed by atoms with Crippen LogP contribution in [0.25, 0.3) is 0 Å². The Bertz CT molecular complexity index is 486. The molecule has 2 nitrogen and oxygen atoms in total. The van der Waals surface area contributed by atoms with Gasteiger partial charge in [0.25, 0.3) is 0 Å². The van der Waals surface area contributed by atoms with Gasteiger partial charge < -0.3 is 4.90 Å². The van der Waals surface area contributed by atoms with Crippen LogP contribution in [0.2, 0.25) is 0 Å². The van der Waals surface area contributed by atoms with Crippen LogP contribution in [-0.2, 0) is 4.79 Å². The summed E-state index contributed by atoms with van der Waals surface area (Å²) >= 11 is 0. The van der Waals surface area contributed by atoms with Gasteiger partial charge in [-0.15, -0.1) is 13.2 Å². The predicted octanol–water partition coefficient (Wildman–Crippen LogP) is 2.79. The van der Waals surface area contributed by atoms with Crippen LogP contribution in [0.5, 0.6) is 0 Å². The van der Waals surface area contributed by atoms with E-state index >= 15 is 0 Å². The van der Waals surface area contributed by atoms with E-state index in [1.54, 1.807) is 19.0 Å². The molecule has 2 aromatic rings. The number of nitrogens with zero attached hydrogens (tertiary/aromatic N) is 1. The van der Waals surface area contributed by atoms with Crippen molar-refractivity contribution in [3.8, 4) is 0 Å². The number of amides is 1. The Labute approximate surface area is 167 Å². The van der Waals surface area contributed by atoms with Gasteiger partial charge in [0.2, 0.25) is 5.91 Å². The van der Waals surface area contributed by atoms with Gasteiger partial charge in [0.1, 0.15) is 0 Å². The van der Waals surface area contributed by atoms with Gasteiger partial charge in [0.15, 0.2) is 0 Å². The number of carbonyl (C=O) groups is 1. The normalized spacial score (nSPS) is 9.10. The Morgan fingerprint density at radius 3 is 1.48 bits per heavy atom. The molecule has 0 radical (unpaired) electrons. The topological polar surface area (TPSA) is 20.3 Å². The van der Waals surface area contributed by atoms with E-state index in [0.717, 1.165) is 11.1 Å². The van der Waals surface area contributed by atoms with E-state index < -0.39 is 0 Å². The minimum atomic E-state index is -0.220. The van der Waals surface area contributed by atoms with Gasteiger partial charge in [-0.25, -0.2) is 0 Å². The zero-order valence-corrected chi connectivity index (χ0v) is 12.1. The third-order valence-corrected chi connectivity index (χ3v) is 2.95. The molecule has 1 amide bonds. The van der Waals surface area contributed by atoms with Crippen LogP contribution < -0.4 is 0 Å². The summed E-state index contributed by atoms with van der Waals surface area (Å²) in [5.41, 5.74) is 2.06. The number of likely N-dealkylation sites (N-methyl/N-ethyl adjacent to an activating group) is 1. The van der Waals surface area contributed by atoms with E-state index in [4.69, 9.17) is 0 Å². The molecule has 0 atom stereocenters. The van der Waals surface area contributed by atoms with Crippen LogP contribution >= 0.6 is 0 Å². The van der Waals surface area contributed by atoms with Crippen LogP contribution in [-0.4, -0.2) is 73.8 Å². The molecule has 2 rings (SSSR count). The van der Waals surface area contributed by atoms with Crippen molar-refractivity contribution in [2.45, 2.75) is 5.92 Å². The molecule has 0 bridgehead atoms. The van der Waals surface area contributed by atoms with Gasteiger partial charge in [-0.2, -0.15) is 0 Å². The standard InChI is InChI=1S/C16H17NO.C2H4.Ba.2H/c1-17(2)16(18)15(13-9-5-3-6-10-13)14-11-7-4-8-12-14;1-2;;;/h3-12,15H,1-2H3;1-2H2;;;. The maximum atomic E-state index is 12.4. The van der Waals surface area contributed by atoms with Crippen molar-refractivity contribution in [3.05, 3.63) is 84.9 Å². The average molecular weight is 407 g/mol. The monoisotopic (exact) mass is 407 g/mol. The molecule has 0 unspecified atom stereocenters. The average Bonchev–Trinajstić information content (AvgIpc) is 2.51. The minimum absolute atomic E-state index is 0. The number of benzene rings is 2. The van der Waals surface area contributed by atoms with Gasteiger partial charge in [0, 0.05) is 14.1 Å². The summed E-state index contributed by atoms with van der Waals surface area (Å²) in [6.45, 7) is 6.00. The number of rotatable bonds is 3. The van der Waals surface area contributed by atoms with Crippen molar-refractivity contribution < 1.29 is 4.79 Å². The molecule has 0 saturated carbocycles. The number of hydrogen-bond donors (Lipinski definition) is 0. The van der Waals surface area contributed by atoms with E-state index in [9.17, 15) is 4.79 Å². The fraction of sp³-hybridized carbons (Fsp3) is 0.167. The summed E-state index contributed by atoms with van der Waals surface area (Å²) in [4.78, 5) is 14.0. The second-order valence-corrected chi connectivity index (χ2v) is 4.49. The van der Waals surface area contributed by atoms with Crippen molar-refractivity contribution in [1.29, 1.82) is 0 Å². The summed E-state index contributed by atoms with van der Waals surface area (Å²) in [7, 11) is 3.59. The molecule has 21 heavy (non-hydrogen) atoms. The van der Waals surface area contributed by atoms with E-state index in [2.05, 4.69) is 13.2 Å². The van der Waals surface area contributed by atoms with Crippen LogP contribution in [0.15, 0.2) is 73.8 Å². The quantitative estimate of drug-likeness (QED) is 0.567. The summed E-state index contributed by atoms with van der Waals surface area (Å²) in [5.74, 6) is -0.116. The Balaban J connectivity index is 0.00000128. The molecule has 0 aliphatic carbocycles. The molecule has 108 valence electrons. The molecule has 0 fully saturated rings. The van der Waals surface area contributed by atoms with Gasteiger partial charge in [0.05, 0.1) is 5.92 Å².